The largest absolute Gasteiger partial charge is 0.379 e. The maximum absolute atomic E-state index is 12.4. The highest BCUT2D eigenvalue weighted by Gasteiger charge is 2.30. The summed E-state index contributed by atoms with van der Waals surface area (Å²) in [6.45, 7) is 1.42. The van der Waals surface area contributed by atoms with Gasteiger partial charge in [-0.15, -0.1) is 11.3 Å². The first-order chi connectivity index (χ1) is 8.57. The second-order valence-corrected chi connectivity index (χ2v) is 6.53. The van der Waals surface area contributed by atoms with E-state index in [0.717, 1.165) is 11.3 Å². The van der Waals surface area contributed by atoms with E-state index in [-0.39, 0.29) is 15.7 Å². The number of nitrogens with zero attached hydrogens (tertiary/aromatic N) is 1. The van der Waals surface area contributed by atoms with Crippen LogP contribution < -0.4 is 5.32 Å². The van der Waals surface area contributed by atoms with Crippen LogP contribution in [0.1, 0.15) is 9.67 Å². The maximum Gasteiger partial charge on any atom is 0.262 e. The molecule has 1 saturated heterocycles. The number of sulfonamides is 1. The maximum atomic E-state index is 12.4. The van der Waals surface area contributed by atoms with Crippen molar-refractivity contribution in [1.29, 1.82) is 0 Å². The average Bonchev–Trinajstić information content (AvgIpc) is 2.89. The van der Waals surface area contributed by atoms with Crippen LogP contribution in [-0.2, 0) is 14.8 Å². The fourth-order valence-electron chi connectivity index (χ4n) is 1.71. The van der Waals surface area contributed by atoms with E-state index in [0.29, 0.717) is 26.3 Å². The highest BCUT2D eigenvalue weighted by Crippen LogP contribution is 2.25. The minimum atomic E-state index is -3.60. The van der Waals surface area contributed by atoms with Gasteiger partial charge in [0.1, 0.15) is 9.77 Å². The van der Waals surface area contributed by atoms with E-state index in [1.807, 2.05) is 0 Å². The fourth-order valence-corrected chi connectivity index (χ4v) is 4.46. The number of amides is 1. The summed E-state index contributed by atoms with van der Waals surface area (Å²) < 4.78 is 31.3. The molecule has 8 heteroatoms. The smallest absolute Gasteiger partial charge is 0.262 e. The topological polar surface area (TPSA) is 75.7 Å². The van der Waals surface area contributed by atoms with Crippen molar-refractivity contribution in [3.63, 3.8) is 0 Å². The molecule has 1 aromatic rings. The molecule has 6 nitrogen and oxygen atoms in total. The lowest BCUT2D eigenvalue weighted by molar-refractivity contribution is 0.0730. The van der Waals surface area contributed by atoms with Crippen molar-refractivity contribution in [2.75, 3.05) is 33.4 Å². The molecule has 2 rings (SSSR count). The average molecular weight is 290 g/mol. The normalized spacial score (nSPS) is 17.6. The minimum Gasteiger partial charge on any atom is -0.379 e. The molecule has 0 radical (unpaired) electrons. The van der Waals surface area contributed by atoms with Gasteiger partial charge < -0.3 is 10.1 Å². The highest BCUT2D eigenvalue weighted by atomic mass is 32.2. The van der Waals surface area contributed by atoms with Crippen molar-refractivity contribution in [3.05, 3.63) is 16.3 Å². The van der Waals surface area contributed by atoms with E-state index in [1.165, 1.54) is 17.4 Å². The van der Waals surface area contributed by atoms with Gasteiger partial charge in [0.25, 0.3) is 5.91 Å². The van der Waals surface area contributed by atoms with Gasteiger partial charge >= 0.3 is 0 Å². The number of hydrogen-bond acceptors (Lipinski definition) is 5. The molecule has 1 aliphatic heterocycles. The first-order valence-electron chi connectivity index (χ1n) is 5.45. The third-order valence-electron chi connectivity index (χ3n) is 2.65. The lowest BCUT2D eigenvalue weighted by atomic mass is 10.4. The molecular weight excluding hydrogens is 276 g/mol. The quantitative estimate of drug-likeness (QED) is 0.858. The second kappa shape index (κ2) is 5.35. The van der Waals surface area contributed by atoms with Crippen molar-refractivity contribution >= 4 is 27.3 Å². The number of carbonyl (C=O) groups is 1. The van der Waals surface area contributed by atoms with Gasteiger partial charge in [0.05, 0.1) is 13.2 Å². The fraction of sp³-hybridized carbons (Fsp3) is 0.500. The highest BCUT2D eigenvalue weighted by molar-refractivity contribution is 7.89. The van der Waals surface area contributed by atoms with E-state index in [2.05, 4.69) is 5.32 Å². The molecule has 1 amide bonds. The second-order valence-electron chi connectivity index (χ2n) is 3.71. The first kappa shape index (κ1) is 13.5. The Morgan fingerprint density at radius 3 is 2.72 bits per heavy atom. The van der Waals surface area contributed by atoms with Gasteiger partial charge in [-0.25, -0.2) is 8.42 Å². The van der Waals surface area contributed by atoms with Gasteiger partial charge in [-0.2, -0.15) is 4.31 Å². The lowest BCUT2D eigenvalue weighted by Gasteiger charge is -2.25. The summed E-state index contributed by atoms with van der Waals surface area (Å²) in [5, 5.41) is 4.06. The Hall–Kier alpha value is -0.960. The van der Waals surface area contributed by atoms with Crippen LogP contribution in [0.15, 0.2) is 16.3 Å². The Bertz CT molecular complexity index is 532. The number of morpholine rings is 1. The van der Waals surface area contributed by atoms with E-state index in [4.69, 9.17) is 4.74 Å². The number of carbonyl (C=O) groups excluding carboxylic acids is 1. The van der Waals surface area contributed by atoms with Crippen LogP contribution in [0.4, 0.5) is 0 Å². The van der Waals surface area contributed by atoms with Crippen molar-refractivity contribution < 1.29 is 17.9 Å². The van der Waals surface area contributed by atoms with Gasteiger partial charge in [-0.1, -0.05) is 0 Å². The zero-order chi connectivity index (χ0) is 13.2. The van der Waals surface area contributed by atoms with E-state index < -0.39 is 10.0 Å². The minimum absolute atomic E-state index is 0.0775. The van der Waals surface area contributed by atoms with Crippen LogP contribution >= 0.6 is 11.3 Å². The summed E-state index contributed by atoms with van der Waals surface area (Å²) in [5.74, 6) is -0.378. The summed E-state index contributed by atoms with van der Waals surface area (Å²) in [5.41, 5.74) is 0. The monoisotopic (exact) mass is 290 g/mol. The van der Waals surface area contributed by atoms with Gasteiger partial charge in [-0.3, -0.25) is 4.79 Å². The Morgan fingerprint density at radius 2 is 2.11 bits per heavy atom. The predicted octanol–water partition coefficient (Wildman–Crippen LogP) is 0.129. The third-order valence-corrected chi connectivity index (χ3v) is 5.63. The molecule has 1 N–H and O–H groups in total. The van der Waals surface area contributed by atoms with Crippen LogP contribution in [-0.4, -0.2) is 52.0 Å². The molecule has 1 fully saturated rings. The molecular formula is C10H14N2O4S2. The molecule has 0 atom stereocenters. The molecule has 0 spiro atoms. The number of nitrogens with one attached hydrogen (secondary N) is 1. The molecule has 0 aliphatic carbocycles. The van der Waals surface area contributed by atoms with Gasteiger partial charge in [-0.05, 0) is 11.4 Å². The summed E-state index contributed by atoms with van der Waals surface area (Å²) in [7, 11) is -2.12. The van der Waals surface area contributed by atoms with Crippen molar-refractivity contribution in [2.24, 2.45) is 0 Å². The van der Waals surface area contributed by atoms with Crippen LogP contribution in [0.2, 0.25) is 0 Å². The molecule has 0 aromatic carbocycles. The molecule has 1 aromatic heterocycles. The Morgan fingerprint density at radius 1 is 1.44 bits per heavy atom. The van der Waals surface area contributed by atoms with E-state index in [9.17, 15) is 13.2 Å². The SMILES string of the molecule is CNC(=O)c1sccc1S(=O)(=O)N1CCOCC1. The zero-order valence-corrected chi connectivity index (χ0v) is 11.5. The molecule has 100 valence electrons. The number of hydrogen-bond donors (Lipinski definition) is 1. The van der Waals surface area contributed by atoms with Crippen LogP contribution in [0.5, 0.6) is 0 Å². The van der Waals surface area contributed by atoms with Crippen LogP contribution in [0.25, 0.3) is 0 Å². The summed E-state index contributed by atoms with van der Waals surface area (Å²) in [6.07, 6.45) is 0. The van der Waals surface area contributed by atoms with Crippen molar-refractivity contribution in [1.82, 2.24) is 9.62 Å². The Kier molecular flexibility index (Phi) is 4.00. The molecule has 0 bridgehead atoms. The standard InChI is InChI=1S/C10H14N2O4S2/c1-11-10(13)9-8(2-7-17-9)18(14,15)12-3-5-16-6-4-12/h2,7H,3-6H2,1H3,(H,11,13). The zero-order valence-electron chi connectivity index (χ0n) is 9.88. The van der Waals surface area contributed by atoms with Gasteiger partial charge in [0.15, 0.2) is 0 Å². The van der Waals surface area contributed by atoms with E-state index >= 15 is 0 Å². The van der Waals surface area contributed by atoms with Gasteiger partial charge in [0.2, 0.25) is 10.0 Å². The summed E-state index contributed by atoms with van der Waals surface area (Å²) >= 11 is 1.12. The number of rotatable bonds is 3. The van der Waals surface area contributed by atoms with E-state index in [1.54, 1.807) is 5.38 Å². The Balaban J connectivity index is 2.35. The van der Waals surface area contributed by atoms with Gasteiger partial charge in [0, 0.05) is 20.1 Å². The Labute approximate surface area is 110 Å². The van der Waals surface area contributed by atoms with Crippen LogP contribution in [0, 0.1) is 0 Å². The molecule has 0 saturated carbocycles. The summed E-state index contributed by atoms with van der Waals surface area (Å²) in [6, 6.07) is 1.47. The van der Waals surface area contributed by atoms with Crippen molar-refractivity contribution in [3.8, 4) is 0 Å². The lowest BCUT2D eigenvalue weighted by Crippen LogP contribution is -2.41. The molecule has 2 heterocycles. The third kappa shape index (κ3) is 2.41. The molecule has 0 unspecified atom stereocenters. The number of thiophene rings is 1. The molecule has 18 heavy (non-hydrogen) atoms. The molecule has 1 aliphatic rings. The predicted molar refractivity (Wildman–Crippen MR) is 67.3 cm³/mol. The summed E-state index contributed by atoms with van der Waals surface area (Å²) in [4.78, 5) is 11.9. The first-order valence-corrected chi connectivity index (χ1v) is 7.77. The van der Waals surface area contributed by atoms with Crippen molar-refractivity contribution in [2.45, 2.75) is 4.90 Å². The van der Waals surface area contributed by atoms with Crippen LogP contribution in [0.3, 0.4) is 0 Å². The number of ether oxygens (including phenoxy) is 1.